The zero-order chi connectivity index (χ0) is 30.3. The van der Waals surface area contributed by atoms with E-state index in [1.54, 1.807) is 0 Å². The maximum absolute atomic E-state index is 6.31. The lowest BCUT2D eigenvalue weighted by Crippen LogP contribution is -2.03. The molecule has 40 heavy (non-hydrogen) atoms. The van der Waals surface area contributed by atoms with Gasteiger partial charge in [-0.3, -0.25) is 4.99 Å². The van der Waals surface area contributed by atoms with E-state index in [-0.39, 0.29) is 0 Å². The first kappa shape index (κ1) is 37.1. The molecule has 1 aliphatic carbocycles. The SMILES string of the molecule is C=NCc1ccccc1.C=NNCc1cc(Cl)cc(-c2c(Cl)cc(C)cc2Cl)c1.CC.CC.CC1=CC=CCC1. The summed E-state index contributed by atoms with van der Waals surface area (Å²) in [5.74, 6) is 0. The number of aliphatic imine (C=N–C) groups is 1. The van der Waals surface area contributed by atoms with Crippen molar-refractivity contribution in [1.82, 2.24) is 5.43 Å². The first-order valence-corrected chi connectivity index (χ1v) is 14.7. The van der Waals surface area contributed by atoms with Crippen molar-refractivity contribution in [1.29, 1.82) is 0 Å². The van der Waals surface area contributed by atoms with Crippen molar-refractivity contribution in [2.75, 3.05) is 0 Å². The zero-order valence-electron chi connectivity index (χ0n) is 24.8. The van der Waals surface area contributed by atoms with Crippen LogP contribution in [0.5, 0.6) is 0 Å². The maximum Gasteiger partial charge on any atom is 0.0632 e. The van der Waals surface area contributed by atoms with E-state index in [2.05, 4.69) is 54.1 Å². The van der Waals surface area contributed by atoms with E-state index in [0.717, 1.165) is 28.8 Å². The van der Waals surface area contributed by atoms with Gasteiger partial charge in [0.1, 0.15) is 0 Å². The van der Waals surface area contributed by atoms with E-state index in [1.165, 1.54) is 24.0 Å². The Morgan fingerprint density at radius 2 is 1.45 bits per heavy atom. The summed E-state index contributed by atoms with van der Waals surface area (Å²) in [6.07, 6.45) is 8.99. The summed E-state index contributed by atoms with van der Waals surface area (Å²) in [4.78, 5) is 3.76. The third-order valence-corrected chi connectivity index (χ3v) is 6.00. The van der Waals surface area contributed by atoms with Crippen LogP contribution in [-0.4, -0.2) is 13.4 Å². The van der Waals surface area contributed by atoms with Crippen molar-refractivity contribution in [3.63, 3.8) is 0 Å². The Balaban J connectivity index is 0.000000626. The minimum atomic E-state index is 0.540. The molecule has 0 amide bonds. The predicted octanol–water partition coefficient (Wildman–Crippen LogP) is 11.5. The van der Waals surface area contributed by atoms with Crippen LogP contribution < -0.4 is 5.43 Å². The van der Waals surface area contributed by atoms with Gasteiger partial charge in [-0.25, -0.2) is 0 Å². The number of allylic oxidation sites excluding steroid dienone is 4. The molecule has 0 radical (unpaired) electrons. The molecule has 3 nitrogen and oxygen atoms in total. The monoisotopic (exact) mass is 599 g/mol. The molecule has 4 rings (SSSR count). The number of nitrogens with one attached hydrogen (secondary N) is 1. The summed E-state index contributed by atoms with van der Waals surface area (Å²) < 4.78 is 0. The van der Waals surface area contributed by atoms with Crippen molar-refractivity contribution in [3.05, 3.63) is 116 Å². The van der Waals surface area contributed by atoms with Gasteiger partial charge in [0.25, 0.3) is 0 Å². The van der Waals surface area contributed by atoms with E-state index in [1.807, 2.05) is 95.3 Å². The average Bonchev–Trinajstić information content (AvgIpc) is 2.95. The van der Waals surface area contributed by atoms with Crippen LogP contribution in [0.15, 0.2) is 94.6 Å². The summed E-state index contributed by atoms with van der Waals surface area (Å²) in [6, 6.07) is 19.5. The van der Waals surface area contributed by atoms with Crippen LogP contribution in [0.25, 0.3) is 11.1 Å². The summed E-state index contributed by atoms with van der Waals surface area (Å²) in [6.45, 7) is 20.2. The Hall–Kier alpha value is -2.85. The maximum atomic E-state index is 6.31. The molecule has 0 aromatic heterocycles. The van der Waals surface area contributed by atoms with Gasteiger partial charge < -0.3 is 5.43 Å². The molecule has 0 heterocycles. The number of nitrogens with zero attached hydrogens (tertiary/aromatic N) is 2. The Labute approximate surface area is 257 Å². The van der Waals surface area contributed by atoms with Crippen LogP contribution in [-0.2, 0) is 13.1 Å². The number of rotatable bonds is 6. The highest BCUT2D eigenvalue weighted by atomic mass is 35.5. The van der Waals surface area contributed by atoms with E-state index in [4.69, 9.17) is 34.8 Å². The summed E-state index contributed by atoms with van der Waals surface area (Å²) >= 11 is 18.8. The lowest BCUT2D eigenvalue weighted by atomic mass is 10.0. The lowest BCUT2D eigenvalue weighted by Gasteiger charge is -2.11. The van der Waals surface area contributed by atoms with Gasteiger partial charge in [-0.15, -0.1) is 0 Å². The largest absolute Gasteiger partial charge is 0.306 e. The van der Waals surface area contributed by atoms with E-state index in [0.29, 0.717) is 21.6 Å². The van der Waals surface area contributed by atoms with Crippen molar-refractivity contribution >= 4 is 48.2 Å². The molecule has 1 aliphatic rings. The van der Waals surface area contributed by atoms with Crippen molar-refractivity contribution < 1.29 is 0 Å². The fraction of sp³-hybridized carbons (Fsp3) is 0.294. The minimum absolute atomic E-state index is 0.540. The second-order valence-electron chi connectivity index (χ2n) is 8.29. The number of aryl methyl sites for hydroxylation is 1. The summed E-state index contributed by atoms with van der Waals surface area (Å²) in [5, 5.41) is 5.45. The Kier molecular flexibility index (Phi) is 21.3. The smallest absolute Gasteiger partial charge is 0.0632 e. The minimum Gasteiger partial charge on any atom is -0.306 e. The Morgan fingerprint density at radius 3 is 1.93 bits per heavy atom. The molecular formula is C34H44Cl3N3. The molecule has 0 fully saturated rings. The highest BCUT2D eigenvalue weighted by Crippen LogP contribution is 2.37. The standard InChI is InChI=1S/C15H13Cl3N2.C8H9N.C7H10.2C2H6/c1-9-3-13(17)15(14(18)4-9)11-5-10(8-20-19-2)6-12(16)7-11;1-9-7-8-5-3-2-4-6-8;1-7-5-3-2-4-6-7;2*1-2/h3-7,20H,2,8H2,1H3;2-6H,1,7H2;2-3,5H,4,6H2,1H3;2*1-2H3. The number of hydrogen-bond donors (Lipinski definition) is 1. The first-order chi connectivity index (χ1) is 19.3. The average molecular weight is 601 g/mol. The van der Waals surface area contributed by atoms with Crippen LogP contribution in [0.4, 0.5) is 0 Å². The fourth-order valence-corrected chi connectivity index (χ4v) is 4.53. The van der Waals surface area contributed by atoms with Crippen molar-refractivity contribution in [2.24, 2.45) is 10.1 Å². The van der Waals surface area contributed by atoms with Gasteiger partial charge in [0.2, 0.25) is 0 Å². The fourth-order valence-electron chi connectivity index (χ4n) is 3.46. The van der Waals surface area contributed by atoms with E-state index in [9.17, 15) is 0 Å². The quantitative estimate of drug-likeness (QED) is 0.222. The molecule has 0 bridgehead atoms. The molecule has 0 aliphatic heterocycles. The summed E-state index contributed by atoms with van der Waals surface area (Å²) in [5.41, 5.74) is 9.18. The topological polar surface area (TPSA) is 36.8 Å². The van der Waals surface area contributed by atoms with Crippen LogP contribution in [0.1, 0.15) is 64.2 Å². The Morgan fingerprint density at radius 1 is 0.825 bits per heavy atom. The van der Waals surface area contributed by atoms with Gasteiger partial charge in [0.15, 0.2) is 0 Å². The molecule has 6 heteroatoms. The molecule has 1 N–H and O–H groups in total. The van der Waals surface area contributed by atoms with Crippen molar-refractivity contribution in [3.8, 4) is 11.1 Å². The van der Waals surface area contributed by atoms with Crippen LogP contribution >= 0.6 is 34.8 Å². The molecule has 3 aromatic rings. The van der Waals surface area contributed by atoms with Crippen LogP contribution in [0, 0.1) is 6.92 Å². The van der Waals surface area contributed by atoms with Gasteiger partial charge in [0.05, 0.1) is 23.1 Å². The molecule has 0 atom stereocenters. The van der Waals surface area contributed by atoms with Gasteiger partial charge in [-0.05, 0) is 86.0 Å². The second-order valence-corrected chi connectivity index (χ2v) is 9.54. The third kappa shape index (κ3) is 15.1. The number of benzene rings is 3. The molecule has 216 valence electrons. The van der Waals surface area contributed by atoms with Gasteiger partial charge in [-0.1, -0.05) is 117 Å². The normalized spacial score (nSPS) is 10.9. The highest BCUT2D eigenvalue weighted by Gasteiger charge is 2.11. The van der Waals surface area contributed by atoms with Gasteiger partial charge >= 0.3 is 0 Å². The van der Waals surface area contributed by atoms with E-state index >= 15 is 0 Å². The molecule has 0 saturated heterocycles. The van der Waals surface area contributed by atoms with Crippen LogP contribution in [0.3, 0.4) is 0 Å². The molecular weight excluding hydrogens is 557 g/mol. The lowest BCUT2D eigenvalue weighted by molar-refractivity contribution is 0.751. The molecule has 0 spiro atoms. The number of halogens is 3. The van der Waals surface area contributed by atoms with E-state index < -0.39 is 0 Å². The second kappa shape index (κ2) is 22.9. The predicted molar refractivity (Wildman–Crippen MR) is 183 cm³/mol. The number of hydrazone groups is 1. The number of hydrogen-bond acceptors (Lipinski definition) is 3. The zero-order valence-corrected chi connectivity index (χ0v) is 27.0. The third-order valence-electron chi connectivity index (χ3n) is 5.19. The van der Waals surface area contributed by atoms with Crippen molar-refractivity contribution in [2.45, 2.75) is 67.5 Å². The highest BCUT2D eigenvalue weighted by molar-refractivity contribution is 6.39. The summed E-state index contributed by atoms with van der Waals surface area (Å²) in [7, 11) is 0. The van der Waals surface area contributed by atoms with Gasteiger partial charge in [-0.2, -0.15) is 5.10 Å². The molecule has 0 saturated carbocycles. The van der Waals surface area contributed by atoms with Crippen LogP contribution in [0.2, 0.25) is 15.1 Å². The molecule has 0 unspecified atom stereocenters. The Bertz CT molecular complexity index is 1180. The van der Waals surface area contributed by atoms with Gasteiger partial charge in [0, 0.05) is 17.3 Å². The molecule has 3 aromatic carbocycles. The first-order valence-electron chi connectivity index (χ1n) is 13.6.